The number of hydrogen-bond donors (Lipinski definition) is 1. The predicted octanol–water partition coefficient (Wildman–Crippen LogP) is 4.58. The van der Waals surface area contributed by atoms with Crippen LogP contribution in [0, 0.1) is 0 Å². The Hall–Kier alpha value is -2.70. The number of rotatable bonds is 6. The number of carbonyl (C=O) groups is 1. The molecule has 0 heterocycles. The Balaban J connectivity index is 2.04. The number of benzene rings is 2. The zero-order valence-corrected chi connectivity index (χ0v) is 13.6. The van der Waals surface area contributed by atoms with E-state index < -0.39 is 11.7 Å². The molecule has 134 valence electrons. The Bertz CT molecular complexity index is 727. The Labute approximate surface area is 143 Å². The molecule has 0 radical (unpaired) electrons. The van der Waals surface area contributed by atoms with E-state index in [0.717, 1.165) is 17.7 Å². The molecule has 4 nitrogen and oxygen atoms in total. The van der Waals surface area contributed by atoms with Crippen LogP contribution in [-0.4, -0.2) is 12.6 Å². The van der Waals surface area contributed by atoms with E-state index in [2.05, 4.69) is 0 Å². The zero-order valence-electron chi connectivity index (χ0n) is 13.6. The van der Waals surface area contributed by atoms with Crippen molar-refractivity contribution in [2.45, 2.75) is 25.9 Å². The minimum Gasteiger partial charge on any atom is -0.466 e. The minimum absolute atomic E-state index is 0.00611. The molecule has 0 aromatic heterocycles. The summed E-state index contributed by atoms with van der Waals surface area (Å²) in [5, 5.41) is 0. The lowest BCUT2D eigenvalue weighted by molar-refractivity contribution is -0.143. The second kappa shape index (κ2) is 7.92. The van der Waals surface area contributed by atoms with Crippen LogP contribution in [-0.2, 0) is 22.1 Å². The standard InChI is InChI=1S/C18H18F3NO3/c1-2-24-17(23)8-5-12-3-6-15(7-4-12)25-16-10-13(18(19,20)21)9-14(22)11-16/h3-4,6-7,9-11H,2,5,8,22H2,1H3. The van der Waals surface area contributed by atoms with Gasteiger partial charge < -0.3 is 15.2 Å². The number of aryl methyl sites for hydroxylation is 1. The van der Waals surface area contributed by atoms with Gasteiger partial charge in [0.05, 0.1) is 12.2 Å². The first-order valence-corrected chi connectivity index (χ1v) is 7.68. The van der Waals surface area contributed by atoms with Crippen molar-refractivity contribution >= 4 is 11.7 Å². The molecular weight excluding hydrogens is 335 g/mol. The molecular formula is C18H18F3NO3. The van der Waals surface area contributed by atoms with Crippen LogP contribution in [0.5, 0.6) is 11.5 Å². The van der Waals surface area contributed by atoms with E-state index in [4.69, 9.17) is 15.2 Å². The number of hydrogen-bond acceptors (Lipinski definition) is 4. The fraction of sp³-hybridized carbons (Fsp3) is 0.278. The van der Waals surface area contributed by atoms with Crippen LogP contribution in [0.3, 0.4) is 0 Å². The van der Waals surface area contributed by atoms with E-state index in [1.165, 1.54) is 6.07 Å². The van der Waals surface area contributed by atoms with E-state index >= 15 is 0 Å². The number of ether oxygens (including phenoxy) is 2. The molecule has 0 atom stereocenters. The summed E-state index contributed by atoms with van der Waals surface area (Å²) in [5.41, 5.74) is 5.50. The molecule has 2 N–H and O–H groups in total. The molecule has 25 heavy (non-hydrogen) atoms. The van der Waals surface area contributed by atoms with Gasteiger partial charge in [-0.25, -0.2) is 0 Å². The van der Waals surface area contributed by atoms with Crippen molar-refractivity contribution in [2.24, 2.45) is 0 Å². The maximum absolute atomic E-state index is 12.8. The molecule has 0 aliphatic heterocycles. The van der Waals surface area contributed by atoms with Crippen LogP contribution in [0.2, 0.25) is 0 Å². The summed E-state index contributed by atoms with van der Waals surface area (Å²) < 4.78 is 48.7. The summed E-state index contributed by atoms with van der Waals surface area (Å²) >= 11 is 0. The van der Waals surface area contributed by atoms with Crippen LogP contribution in [0.25, 0.3) is 0 Å². The highest BCUT2D eigenvalue weighted by Crippen LogP contribution is 2.34. The number of nitrogens with two attached hydrogens (primary N) is 1. The normalized spacial score (nSPS) is 11.2. The molecule has 2 aromatic rings. The van der Waals surface area contributed by atoms with E-state index in [9.17, 15) is 18.0 Å². The molecule has 2 aromatic carbocycles. The third kappa shape index (κ3) is 5.70. The lowest BCUT2D eigenvalue weighted by Gasteiger charge is -2.12. The number of carbonyl (C=O) groups excluding carboxylic acids is 1. The lowest BCUT2D eigenvalue weighted by atomic mass is 10.1. The van der Waals surface area contributed by atoms with Gasteiger partial charge in [0, 0.05) is 18.2 Å². The van der Waals surface area contributed by atoms with Gasteiger partial charge in [0.25, 0.3) is 0 Å². The van der Waals surface area contributed by atoms with Crippen LogP contribution >= 0.6 is 0 Å². The maximum Gasteiger partial charge on any atom is 0.416 e. The number of nitrogen functional groups attached to an aromatic ring is 1. The summed E-state index contributed by atoms with van der Waals surface area (Å²) in [7, 11) is 0. The largest absolute Gasteiger partial charge is 0.466 e. The van der Waals surface area contributed by atoms with Gasteiger partial charge >= 0.3 is 12.1 Å². The van der Waals surface area contributed by atoms with Gasteiger partial charge in [-0.2, -0.15) is 13.2 Å². The Kier molecular flexibility index (Phi) is 5.90. The monoisotopic (exact) mass is 353 g/mol. The Morgan fingerprint density at radius 2 is 1.76 bits per heavy atom. The van der Waals surface area contributed by atoms with Gasteiger partial charge in [-0.3, -0.25) is 4.79 Å². The fourth-order valence-electron chi connectivity index (χ4n) is 2.18. The van der Waals surface area contributed by atoms with Gasteiger partial charge in [0.15, 0.2) is 0 Å². The second-order valence-corrected chi connectivity index (χ2v) is 5.34. The van der Waals surface area contributed by atoms with Gasteiger partial charge in [-0.15, -0.1) is 0 Å². The zero-order chi connectivity index (χ0) is 18.4. The smallest absolute Gasteiger partial charge is 0.416 e. The summed E-state index contributed by atoms with van der Waals surface area (Å²) in [6.07, 6.45) is -3.72. The van der Waals surface area contributed by atoms with E-state index in [1.54, 1.807) is 31.2 Å². The van der Waals surface area contributed by atoms with Crippen molar-refractivity contribution in [1.29, 1.82) is 0 Å². The molecule has 0 aliphatic rings. The van der Waals surface area contributed by atoms with Crippen LogP contribution < -0.4 is 10.5 Å². The van der Waals surface area contributed by atoms with Gasteiger partial charge in [0.1, 0.15) is 11.5 Å². The van der Waals surface area contributed by atoms with Gasteiger partial charge in [-0.1, -0.05) is 12.1 Å². The van der Waals surface area contributed by atoms with Crippen LogP contribution in [0.15, 0.2) is 42.5 Å². The van der Waals surface area contributed by atoms with Crippen molar-refractivity contribution in [3.8, 4) is 11.5 Å². The SMILES string of the molecule is CCOC(=O)CCc1ccc(Oc2cc(N)cc(C(F)(F)F)c2)cc1. The third-order valence-corrected chi connectivity index (χ3v) is 3.34. The second-order valence-electron chi connectivity index (χ2n) is 5.34. The van der Waals surface area contributed by atoms with Crippen molar-refractivity contribution in [2.75, 3.05) is 12.3 Å². The number of esters is 1. The number of halogens is 3. The third-order valence-electron chi connectivity index (χ3n) is 3.34. The van der Waals surface area contributed by atoms with Gasteiger partial charge in [-0.05, 0) is 43.2 Å². The van der Waals surface area contributed by atoms with Crippen molar-refractivity contribution in [3.05, 3.63) is 53.6 Å². The molecule has 0 saturated carbocycles. The molecule has 0 amide bonds. The fourth-order valence-corrected chi connectivity index (χ4v) is 2.18. The van der Waals surface area contributed by atoms with Crippen LogP contribution in [0.1, 0.15) is 24.5 Å². The molecule has 2 rings (SSSR count). The first kappa shape index (κ1) is 18.6. The highest BCUT2D eigenvalue weighted by molar-refractivity contribution is 5.69. The predicted molar refractivity (Wildman–Crippen MR) is 87.3 cm³/mol. The van der Waals surface area contributed by atoms with E-state index in [-0.39, 0.29) is 23.8 Å². The quantitative estimate of drug-likeness (QED) is 0.610. The molecule has 0 unspecified atom stereocenters. The minimum atomic E-state index is -4.50. The Morgan fingerprint density at radius 1 is 1.08 bits per heavy atom. The molecule has 0 bridgehead atoms. The van der Waals surface area contributed by atoms with E-state index in [0.29, 0.717) is 18.8 Å². The van der Waals surface area contributed by atoms with Gasteiger partial charge in [0.2, 0.25) is 0 Å². The topological polar surface area (TPSA) is 61.5 Å². The summed E-state index contributed by atoms with van der Waals surface area (Å²) in [4.78, 5) is 11.3. The number of anilines is 1. The molecule has 7 heteroatoms. The molecule has 0 spiro atoms. The maximum atomic E-state index is 12.8. The molecule has 0 aliphatic carbocycles. The lowest BCUT2D eigenvalue weighted by Crippen LogP contribution is -2.06. The van der Waals surface area contributed by atoms with Crippen molar-refractivity contribution in [1.82, 2.24) is 0 Å². The average Bonchev–Trinajstić information content (AvgIpc) is 2.53. The summed E-state index contributed by atoms with van der Waals surface area (Å²) in [5.74, 6) is 0.104. The Morgan fingerprint density at radius 3 is 2.36 bits per heavy atom. The highest BCUT2D eigenvalue weighted by Gasteiger charge is 2.31. The summed E-state index contributed by atoms with van der Waals surface area (Å²) in [6, 6.07) is 9.80. The first-order chi connectivity index (χ1) is 11.8. The van der Waals surface area contributed by atoms with Crippen LogP contribution in [0.4, 0.5) is 18.9 Å². The van der Waals surface area contributed by atoms with Crippen molar-refractivity contribution < 1.29 is 27.4 Å². The molecule has 0 saturated heterocycles. The molecule has 0 fully saturated rings. The first-order valence-electron chi connectivity index (χ1n) is 7.68. The van der Waals surface area contributed by atoms with Crippen molar-refractivity contribution in [3.63, 3.8) is 0 Å². The van der Waals surface area contributed by atoms with E-state index in [1.807, 2.05) is 0 Å². The average molecular weight is 353 g/mol. The summed E-state index contributed by atoms with van der Waals surface area (Å²) in [6.45, 7) is 2.08. The number of alkyl halides is 3. The highest BCUT2D eigenvalue weighted by atomic mass is 19.4.